The van der Waals surface area contributed by atoms with E-state index < -0.39 is 0 Å². The maximum Gasteiger partial charge on any atom is 0.0212 e. The molecule has 0 aliphatic rings. The van der Waals surface area contributed by atoms with Gasteiger partial charge in [0.25, 0.3) is 0 Å². The average molecular weight is 231 g/mol. The molecular formula is C11H19Br. The first-order valence-electron chi connectivity index (χ1n) is 4.77. The lowest BCUT2D eigenvalue weighted by atomic mass is 10.2. The quantitative estimate of drug-likeness (QED) is 0.344. The third-order valence-corrected chi connectivity index (χ3v) is 2.04. The second kappa shape index (κ2) is 11.0. The zero-order chi connectivity index (χ0) is 9.07. The molecule has 0 aromatic carbocycles. The molecule has 0 radical (unpaired) electrons. The minimum atomic E-state index is 0.969. The topological polar surface area (TPSA) is 0 Å². The van der Waals surface area contributed by atoms with E-state index in [0.29, 0.717) is 0 Å². The van der Waals surface area contributed by atoms with Crippen LogP contribution in [0.3, 0.4) is 0 Å². The van der Waals surface area contributed by atoms with Crippen LogP contribution in [0.15, 0.2) is 24.3 Å². The molecule has 0 saturated heterocycles. The van der Waals surface area contributed by atoms with Crippen molar-refractivity contribution in [2.45, 2.75) is 39.0 Å². The van der Waals surface area contributed by atoms with E-state index in [9.17, 15) is 0 Å². The van der Waals surface area contributed by atoms with Gasteiger partial charge in [-0.15, -0.1) is 0 Å². The molecule has 0 aliphatic heterocycles. The van der Waals surface area contributed by atoms with E-state index in [-0.39, 0.29) is 0 Å². The molecular weight excluding hydrogens is 212 g/mol. The van der Waals surface area contributed by atoms with Gasteiger partial charge in [-0.05, 0) is 19.3 Å². The monoisotopic (exact) mass is 230 g/mol. The van der Waals surface area contributed by atoms with Crippen molar-refractivity contribution >= 4 is 15.9 Å². The van der Waals surface area contributed by atoms with E-state index >= 15 is 0 Å². The molecule has 0 bridgehead atoms. The fraction of sp³-hybridized carbons (Fsp3) is 0.636. The molecule has 0 nitrogen and oxygen atoms in total. The SMILES string of the molecule is CCCCC/C=C\C/C=C/CBr. The Morgan fingerprint density at radius 3 is 2.42 bits per heavy atom. The summed E-state index contributed by atoms with van der Waals surface area (Å²) in [6, 6.07) is 0. The van der Waals surface area contributed by atoms with E-state index in [4.69, 9.17) is 0 Å². The number of unbranched alkanes of at least 4 members (excludes halogenated alkanes) is 3. The summed E-state index contributed by atoms with van der Waals surface area (Å²) in [7, 11) is 0. The molecule has 0 spiro atoms. The molecule has 0 amide bonds. The van der Waals surface area contributed by atoms with Crippen molar-refractivity contribution in [3.63, 3.8) is 0 Å². The van der Waals surface area contributed by atoms with Crippen LogP contribution in [0, 0.1) is 0 Å². The number of halogens is 1. The predicted octanol–water partition coefficient (Wildman–Crippen LogP) is 4.46. The molecule has 0 atom stereocenters. The van der Waals surface area contributed by atoms with Crippen molar-refractivity contribution in [2.24, 2.45) is 0 Å². The third-order valence-electron chi connectivity index (χ3n) is 1.67. The van der Waals surface area contributed by atoms with Gasteiger partial charge < -0.3 is 0 Å². The molecule has 0 N–H and O–H groups in total. The van der Waals surface area contributed by atoms with Crippen LogP contribution in [0.5, 0.6) is 0 Å². The number of alkyl halides is 1. The van der Waals surface area contributed by atoms with Crippen molar-refractivity contribution in [1.82, 2.24) is 0 Å². The highest BCUT2D eigenvalue weighted by atomic mass is 79.9. The predicted molar refractivity (Wildman–Crippen MR) is 60.8 cm³/mol. The highest BCUT2D eigenvalue weighted by Crippen LogP contribution is 2.00. The first-order valence-corrected chi connectivity index (χ1v) is 5.90. The van der Waals surface area contributed by atoms with Gasteiger partial charge >= 0.3 is 0 Å². The number of hydrogen-bond acceptors (Lipinski definition) is 0. The van der Waals surface area contributed by atoms with Crippen LogP contribution in [0.2, 0.25) is 0 Å². The van der Waals surface area contributed by atoms with E-state index in [0.717, 1.165) is 11.8 Å². The van der Waals surface area contributed by atoms with Crippen molar-refractivity contribution in [1.29, 1.82) is 0 Å². The van der Waals surface area contributed by atoms with Crippen LogP contribution in [-0.2, 0) is 0 Å². The summed E-state index contributed by atoms with van der Waals surface area (Å²) < 4.78 is 0. The largest absolute Gasteiger partial charge is 0.0883 e. The molecule has 12 heavy (non-hydrogen) atoms. The summed E-state index contributed by atoms with van der Waals surface area (Å²) in [6.07, 6.45) is 15.2. The second-order valence-electron chi connectivity index (χ2n) is 2.83. The molecule has 0 fully saturated rings. The van der Waals surface area contributed by atoms with Crippen LogP contribution in [0.25, 0.3) is 0 Å². The summed E-state index contributed by atoms with van der Waals surface area (Å²) in [5.74, 6) is 0. The van der Waals surface area contributed by atoms with Gasteiger partial charge in [-0.1, -0.05) is 60.0 Å². The number of hydrogen-bond donors (Lipinski definition) is 0. The second-order valence-corrected chi connectivity index (χ2v) is 3.48. The fourth-order valence-electron chi connectivity index (χ4n) is 0.964. The van der Waals surface area contributed by atoms with E-state index in [1.54, 1.807) is 0 Å². The van der Waals surface area contributed by atoms with Crippen LogP contribution in [0.1, 0.15) is 39.0 Å². The zero-order valence-electron chi connectivity index (χ0n) is 7.93. The van der Waals surface area contributed by atoms with Crippen molar-refractivity contribution in [3.05, 3.63) is 24.3 Å². The van der Waals surface area contributed by atoms with Gasteiger partial charge in [-0.3, -0.25) is 0 Å². The molecule has 0 aromatic heterocycles. The highest BCUT2D eigenvalue weighted by molar-refractivity contribution is 9.09. The van der Waals surface area contributed by atoms with Crippen LogP contribution in [-0.4, -0.2) is 5.33 Å². The van der Waals surface area contributed by atoms with Gasteiger partial charge in [0, 0.05) is 5.33 Å². The maximum atomic E-state index is 3.34. The van der Waals surface area contributed by atoms with E-state index in [2.05, 4.69) is 47.2 Å². The lowest BCUT2D eigenvalue weighted by Crippen LogP contribution is -1.70. The fourth-order valence-corrected chi connectivity index (χ4v) is 1.23. The van der Waals surface area contributed by atoms with Crippen molar-refractivity contribution in [3.8, 4) is 0 Å². The van der Waals surface area contributed by atoms with Gasteiger partial charge in [0.15, 0.2) is 0 Å². The minimum absolute atomic E-state index is 0.969. The molecule has 0 saturated carbocycles. The Kier molecular flexibility index (Phi) is 10.9. The number of rotatable bonds is 7. The van der Waals surface area contributed by atoms with Crippen molar-refractivity contribution < 1.29 is 0 Å². The molecule has 1 heteroatoms. The smallest absolute Gasteiger partial charge is 0.0212 e. The van der Waals surface area contributed by atoms with E-state index in [1.165, 1.54) is 25.7 Å². The summed E-state index contributed by atoms with van der Waals surface area (Å²) in [6.45, 7) is 2.24. The number of allylic oxidation sites excluding steroid dienone is 4. The molecule has 70 valence electrons. The zero-order valence-corrected chi connectivity index (χ0v) is 9.52. The third kappa shape index (κ3) is 9.96. The Morgan fingerprint density at radius 1 is 1.00 bits per heavy atom. The summed E-state index contributed by atoms with van der Waals surface area (Å²) in [4.78, 5) is 0. The van der Waals surface area contributed by atoms with Gasteiger partial charge in [-0.25, -0.2) is 0 Å². The summed E-state index contributed by atoms with van der Waals surface area (Å²) >= 11 is 3.34. The van der Waals surface area contributed by atoms with Crippen LogP contribution in [0.4, 0.5) is 0 Å². The Bertz CT molecular complexity index is 125. The first-order chi connectivity index (χ1) is 5.91. The molecule has 0 aromatic rings. The van der Waals surface area contributed by atoms with Gasteiger partial charge in [0.1, 0.15) is 0 Å². The Morgan fingerprint density at radius 2 is 1.75 bits per heavy atom. The Balaban J connectivity index is 3.08. The lowest BCUT2D eigenvalue weighted by molar-refractivity contribution is 0.728. The molecule has 0 aliphatic carbocycles. The molecule has 0 rings (SSSR count). The Hall–Kier alpha value is -0.0400. The van der Waals surface area contributed by atoms with Crippen LogP contribution < -0.4 is 0 Å². The standard InChI is InChI=1S/C11H19Br/c1-2-3-4-5-6-7-8-9-10-11-12/h6-7,9-10H,2-5,8,11H2,1H3/b7-6-,10-9+. The van der Waals surface area contributed by atoms with E-state index in [1.807, 2.05) is 0 Å². The first kappa shape index (κ1) is 12.0. The molecule has 0 heterocycles. The lowest BCUT2D eigenvalue weighted by Gasteiger charge is -1.90. The minimum Gasteiger partial charge on any atom is -0.0883 e. The van der Waals surface area contributed by atoms with Crippen molar-refractivity contribution in [2.75, 3.05) is 5.33 Å². The normalized spacial score (nSPS) is 11.8. The van der Waals surface area contributed by atoms with Gasteiger partial charge in [0.05, 0.1) is 0 Å². The van der Waals surface area contributed by atoms with Crippen LogP contribution >= 0.6 is 15.9 Å². The van der Waals surface area contributed by atoms with Gasteiger partial charge in [-0.2, -0.15) is 0 Å². The highest BCUT2D eigenvalue weighted by Gasteiger charge is 1.80. The van der Waals surface area contributed by atoms with Gasteiger partial charge in [0.2, 0.25) is 0 Å². The summed E-state index contributed by atoms with van der Waals surface area (Å²) in [5, 5.41) is 0.969. The summed E-state index contributed by atoms with van der Waals surface area (Å²) in [5.41, 5.74) is 0. The average Bonchev–Trinajstić information content (AvgIpc) is 2.10. The molecule has 0 unspecified atom stereocenters. The Labute approximate surface area is 84.9 Å². The maximum absolute atomic E-state index is 3.34.